The van der Waals surface area contributed by atoms with E-state index in [1.807, 2.05) is 0 Å². The van der Waals surface area contributed by atoms with Crippen molar-refractivity contribution in [3.8, 4) is 0 Å². The number of rotatable bonds is 43. The molecule has 8 heteroatoms. The normalized spacial score (nSPS) is 13.3. The largest absolute Gasteiger partial charge is 0.544 e. The Bertz CT molecular complexity index is 1110. The summed E-state index contributed by atoms with van der Waals surface area (Å²) in [5.74, 6) is -1.75. The SMILES string of the molecule is CC/C=C/C/C=C/C/C=C/CCCCCCCCCCCCCC(=O)OCC(COCCC(C(=O)[O-])[N+](C)(C)C)OC(=O)CCCCC/C=C/CCCCCCCCC. The first kappa shape index (κ1) is 56.3. The van der Waals surface area contributed by atoms with Gasteiger partial charge in [0.1, 0.15) is 12.6 Å². The highest BCUT2D eigenvalue weighted by Gasteiger charge is 2.25. The van der Waals surface area contributed by atoms with Gasteiger partial charge < -0.3 is 28.6 Å². The van der Waals surface area contributed by atoms with Gasteiger partial charge in [0.05, 0.1) is 40.3 Å². The van der Waals surface area contributed by atoms with Crippen molar-refractivity contribution in [3.05, 3.63) is 48.6 Å². The molecule has 342 valence electrons. The van der Waals surface area contributed by atoms with Gasteiger partial charge >= 0.3 is 11.9 Å². The van der Waals surface area contributed by atoms with Crippen LogP contribution in [0.1, 0.15) is 206 Å². The van der Waals surface area contributed by atoms with Crippen LogP contribution in [0, 0.1) is 0 Å². The highest BCUT2D eigenvalue weighted by atomic mass is 16.6. The molecule has 8 nitrogen and oxygen atoms in total. The Hall–Kier alpha value is -2.71. The lowest BCUT2D eigenvalue weighted by atomic mass is 10.0. The molecular formula is C51H91NO7. The van der Waals surface area contributed by atoms with E-state index >= 15 is 0 Å². The third kappa shape index (κ3) is 40.5. The van der Waals surface area contributed by atoms with Gasteiger partial charge in [0.25, 0.3) is 0 Å². The van der Waals surface area contributed by atoms with E-state index < -0.39 is 18.1 Å². The molecule has 0 aromatic carbocycles. The fourth-order valence-electron chi connectivity index (χ4n) is 6.96. The molecule has 59 heavy (non-hydrogen) atoms. The summed E-state index contributed by atoms with van der Waals surface area (Å²) < 4.78 is 17.2. The van der Waals surface area contributed by atoms with Crippen molar-refractivity contribution < 1.29 is 38.2 Å². The lowest BCUT2D eigenvalue weighted by molar-refractivity contribution is -0.889. The van der Waals surface area contributed by atoms with E-state index in [1.54, 1.807) is 21.1 Å². The van der Waals surface area contributed by atoms with Gasteiger partial charge in [-0.3, -0.25) is 9.59 Å². The fraction of sp³-hybridized carbons (Fsp3) is 0.784. The molecule has 0 aliphatic rings. The summed E-state index contributed by atoms with van der Waals surface area (Å²) in [5.41, 5.74) is 0. The highest BCUT2D eigenvalue weighted by molar-refractivity contribution is 5.70. The van der Waals surface area contributed by atoms with Crippen LogP contribution in [0.4, 0.5) is 0 Å². The summed E-state index contributed by atoms with van der Waals surface area (Å²) in [6, 6.07) is -0.729. The van der Waals surface area contributed by atoms with Gasteiger partial charge in [-0.05, 0) is 70.6 Å². The van der Waals surface area contributed by atoms with Crippen molar-refractivity contribution in [2.75, 3.05) is 41.0 Å². The molecule has 0 rings (SSSR count). The number of quaternary nitrogens is 1. The molecule has 0 heterocycles. The fourth-order valence-corrected chi connectivity index (χ4v) is 6.96. The lowest BCUT2D eigenvalue weighted by Gasteiger charge is -2.34. The minimum absolute atomic E-state index is 0.0343. The minimum Gasteiger partial charge on any atom is -0.544 e. The average molecular weight is 830 g/mol. The van der Waals surface area contributed by atoms with Gasteiger partial charge in [-0.2, -0.15) is 0 Å². The number of carboxylic acid groups (broad SMARTS) is 1. The van der Waals surface area contributed by atoms with Crippen LogP contribution in [-0.2, 0) is 28.6 Å². The predicted molar refractivity (Wildman–Crippen MR) is 245 cm³/mol. The zero-order valence-electron chi connectivity index (χ0n) is 38.9. The maximum atomic E-state index is 12.7. The van der Waals surface area contributed by atoms with E-state index in [0.29, 0.717) is 12.8 Å². The molecule has 0 aliphatic carbocycles. The molecule has 0 fully saturated rings. The Balaban J connectivity index is 4.26. The molecule has 0 N–H and O–H groups in total. The molecule has 2 unspecified atom stereocenters. The van der Waals surface area contributed by atoms with E-state index in [9.17, 15) is 19.5 Å². The first-order valence-electron chi connectivity index (χ1n) is 24.2. The molecule has 0 saturated carbocycles. The number of ether oxygens (including phenoxy) is 3. The van der Waals surface area contributed by atoms with E-state index in [4.69, 9.17) is 14.2 Å². The number of nitrogens with zero attached hydrogens (tertiary/aromatic N) is 1. The molecule has 0 saturated heterocycles. The molecule has 0 aromatic rings. The van der Waals surface area contributed by atoms with Crippen LogP contribution in [0.25, 0.3) is 0 Å². The maximum absolute atomic E-state index is 12.7. The number of hydrogen-bond donors (Lipinski definition) is 0. The van der Waals surface area contributed by atoms with E-state index in [2.05, 4.69) is 62.5 Å². The van der Waals surface area contributed by atoms with Crippen molar-refractivity contribution in [2.24, 2.45) is 0 Å². The van der Waals surface area contributed by atoms with E-state index in [-0.39, 0.29) is 42.7 Å². The maximum Gasteiger partial charge on any atom is 0.306 e. The molecular weight excluding hydrogens is 739 g/mol. The number of carbonyl (C=O) groups is 3. The van der Waals surface area contributed by atoms with E-state index in [1.165, 1.54) is 103 Å². The van der Waals surface area contributed by atoms with Gasteiger partial charge in [0.15, 0.2) is 6.10 Å². The Labute approximate surface area is 363 Å². The predicted octanol–water partition coefficient (Wildman–Crippen LogP) is 12.3. The van der Waals surface area contributed by atoms with Gasteiger partial charge in [-0.15, -0.1) is 0 Å². The van der Waals surface area contributed by atoms with Crippen LogP contribution in [0.2, 0.25) is 0 Å². The van der Waals surface area contributed by atoms with Crippen LogP contribution in [0.5, 0.6) is 0 Å². The summed E-state index contributed by atoms with van der Waals surface area (Å²) in [4.78, 5) is 36.9. The Kier molecular flexibility index (Phi) is 40.1. The number of unbranched alkanes of at least 4 members (excludes halogenated alkanes) is 21. The van der Waals surface area contributed by atoms with Crippen molar-refractivity contribution in [2.45, 2.75) is 219 Å². The molecule has 0 spiro atoms. The lowest BCUT2D eigenvalue weighted by Crippen LogP contribution is -2.55. The summed E-state index contributed by atoms with van der Waals surface area (Å²) in [6.45, 7) is 4.54. The molecule has 0 aromatic heterocycles. The third-order valence-corrected chi connectivity index (χ3v) is 10.7. The zero-order valence-corrected chi connectivity index (χ0v) is 38.9. The monoisotopic (exact) mass is 830 g/mol. The number of likely N-dealkylation sites (N-methyl/N-ethyl adjacent to an activating group) is 1. The van der Waals surface area contributed by atoms with Gasteiger partial charge in [0.2, 0.25) is 0 Å². The second-order valence-corrected chi connectivity index (χ2v) is 17.3. The number of allylic oxidation sites excluding steroid dienone is 8. The van der Waals surface area contributed by atoms with Crippen LogP contribution in [0.3, 0.4) is 0 Å². The molecule has 0 amide bonds. The van der Waals surface area contributed by atoms with Gasteiger partial charge in [-0.1, -0.05) is 165 Å². The second kappa shape index (κ2) is 42.0. The van der Waals surface area contributed by atoms with Crippen molar-refractivity contribution in [3.63, 3.8) is 0 Å². The van der Waals surface area contributed by atoms with Gasteiger partial charge in [-0.25, -0.2) is 0 Å². The standard InChI is InChI=1S/C51H91NO7/c1-6-8-10-12-14-16-18-20-22-23-24-25-26-27-28-30-31-33-35-37-39-41-49(53)58-46-47(45-57-44-43-48(51(55)56)52(3,4)5)59-50(54)42-40-38-36-34-32-29-21-19-17-15-13-11-9-7-2/h8,10,14,16,20,22,29,32,47-48H,6-7,9,11-13,15,17-19,21,23-28,30-31,33-46H2,1-5H3/b10-8+,16-14+,22-20+,32-29+. The minimum atomic E-state index is -1.13. The Morgan fingerprint density at radius 3 is 1.44 bits per heavy atom. The molecule has 0 aliphatic heterocycles. The van der Waals surface area contributed by atoms with Crippen molar-refractivity contribution in [1.29, 1.82) is 0 Å². The highest BCUT2D eigenvalue weighted by Crippen LogP contribution is 2.15. The third-order valence-electron chi connectivity index (χ3n) is 10.7. The first-order chi connectivity index (χ1) is 28.6. The number of hydrogen-bond acceptors (Lipinski definition) is 7. The molecule has 0 bridgehead atoms. The summed E-state index contributed by atoms with van der Waals surface area (Å²) in [5, 5.41) is 11.6. The van der Waals surface area contributed by atoms with Crippen molar-refractivity contribution >= 4 is 17.9 Å². The molecule has 0 radical (unpaired) electrons. The Morgan fingerprint density at radius 1 is 0.525 bits per heavy atom. The topological polar surface area (TPSA) is 102 Å². The molecule has 2 atom stereocenters. The van der Waals surface area contributed by atoms with Crippen LogP contribution >= 0.6 is 0 Å². The van der Waals surface area contributed by atoms with Crippen LogP contribution < -0.4 is 5.11 Å². The second-order valence-electron chi connectivity index (χ2n) is 17.3. The first-order valence-corrected chi connectivity index (χ1v) is 24.2. The summed E-state index contributed by atoms with van der Waals surface area (Å²) in [7, 11) is 5.41. The number of esters is 2. The average Bonchev–Trinajstić information content (AvgIpc) is 3.19. The smallest absolute Gasteiger partial charge is 0.306 e. The number of carboxylic acids is 1. The Morgan fingerprint density at radius 2 is 0.949 bits per heavy atom. The van der Waals surface area contributed by atoms with Crippen LogP contribution in [0.15, 0.2) is 48.6 Å². The quantitative estimate of drug-likeness (QED) is 0.0261. The number of carbonyl (C=O) groups excluding carboxylic acids is 3. The summed E-state index contributed by atoms with van der Waals surface area (Å²) in [6.07, 6.45) is 49.9. The van der Waals surface area contributed by atoms with E-state index in [0.717, 1.165) is 70.6 Å². The van der Waals surface area contributed by atoms with Gasteiger partial charge in [0, 0.05) is 19.3 Å². The zero-order chi connectivity index (χ0) is 43.5. The van der Waals surface area contributed by atoms with Crippen molar-refractivity contribution in [1.82, 2.24) is 0 Å². The summed E-state index contributed by atoms with van der Waals surface area (Å²) >= 11 is 0. The van der Waals surface area contributed by atoms with Crippen LogP contribution in [-0.4, -0.2) is 75.5 Å². The number of aliphatic carboxylic acids is 1.